The summed E-state index contributed by atoms with van der Waals surface area (Å²) in [6, 6.07) is 7.48. The second-order valence-corrected chi connectivity index (χ2v) is 10.1. The van der Waals surface area contributed by atoms with Crippen LogP contribution in [0.1, 0.15) is 11.3 Å². The summed E-state index contributed by atoms with van der Waals surface area (Å²) in [5, 5.41) is 20.5. The van der Waals surface area contributed by atoms with Crippen LogP contribution in [-0.2, 0) is 18.4 Å². The fourth-order valence-corrected chi connectivity index (χ4v) is 4.26. The van der Waals surface area contributed by atoms with E-state index in [0.717, 1.165) is 15.7 Å². The van der Waals surface area contributed by atoms with Crippen LogP contribution in [0, 0.1) is 10.1 Å². The monoisotopic (exact) mass is 580 g/mol. The summed E-state index contributed by atoms with van der Waals surface area (Å²) in [5.74, 6) is 0.573. The standard InChI is InChI=1S/C25H26BrN9O3/c1-5-16-11-17(8-9-19(16)26)30-24-18-12-22(27-13-20(18)28-15-29-24)31-23(36)7-6-10-35(3,4)14-21-25(34(37)38)32-33(21)2/h5-9,11-13,15,32H,1,10,14H2,2-4H3,(H-,27,28,29,30,31,36)/p+1/b7-6+. The van der Waals surface area contributed by atoms with Crippen LogP contribution in [-0.4, -0.2) is 60.7 Å². The van der Waals surface area contributed by atoms with E-state index in [2.05, 4.69) is 53.2 Å². The Hall–Kier alpha value is -4.36. The van der Waals surface area contributed by atoms with E-state index in [4.69, 9.17) is 0 Å². The fraction of sp³-hybridized carbons (Fsp3) is 0.200. The molecule has 0 aliphatic carbocycles. The van der Waals surface area contributed by atoms with Gasteiger partial charge in [-0.05, 0) is 40.8 Å². The Labute approximate surface area is 227 Å². The second kappa shape index (κ2) is 10.9. The van der Waals surface area contributed by atoms with Crippen molar-refractivity contribution < 1.29 is 14.2 Å². The molecule has 196 valence electrons. The van der Waals surface area contributed by atoms with Crippen molar-refractivity contribution in [3.05, 3.63) is 81.4 Å². The van der Waals surface area contributed by atoms with Crippen LogP contribution in [0.25, 0.3) is 17.0 Å². The molecule has 3 N–H and O–H groups in total. The molecule has 0 radical (unpaired) electrons. The number of hydrogen-bond donors (Lipinski definition) is 3. The van der Waals surface area contributed by atoms with Crippen molar-refractivity contribution in [1.29, 1.82) is 0 Å². The van der Waals surface area contributed by atoms with Gasteiger partial charge in [0.15, 0.2) is 0 Å². The number of anilines is 3. The van der Waals surface area contributed by atoms with Gasteiger partial charge in [0, 0.05) is 28.7 Å². The molecule has 13 heteroatoms. The number of halogens is 1. The smallest absolute Gasteiger partial charge is 0.358 e. The summed E-state index contributed by atoms with van der Waals surface area (Å²) < 4.78 is 2.98. The number of aromatic nitrogens is 5. The van der Waals surface area contributed by atoms with Crippen LogP contribution >= 0.6 is 15.9 Å². The van der Waals surface area contributed by atoms with Gasteiger partial charge in [-0.1, -0.05) is 28.6 Å². The molecule has 1 amide bonds. The number of amides is 1. The van der Waals surface area contributed by atoms with Crippen LogP contribution in [0.15, 0.2) is 60.0 Å². The van der Waals surface area contributed by atoms with Gasteiger partial charge in [0.25, 0.3) is 0 Å². The number of fused-ring (bicyclic) bond motifs is 1. The van der Waals surface area contributed by atoms with Crippen molar-refractivity contribution in [2.75, 3.05) is 31.3 Å². The van der Waals surface area contributed by atoms with E-state index in [-0.39, 0.29) is 11.7 Å². The predicted molar refractivity (Wildman–Crippen MR) is 150 cm³/mol. The van der Waals surface area contributed by atoms with E-state index >= 15 is 0 Å². The van der Waals surface area contributed by atoms with Crippen molar-refractivity contribution in [3.63, 3.8) is 0 Å². The average Bonchev–Trinajstić information content (AvgIpc) is 2.87. The highest BCUT2D eigenvalue weighted by atomic mass is 79.9. The highest BCUT2D eigenvalue weighted by molar-refractivity contribution is 9.10. The number of pyridine rings is 1. The molecule has 0 aliphatic rings. The maximum absolute atomic E-state index is 12.6. The van der Waals surface area contributed by atoms with Crippen LogP contribution in [0.4, 0.5) is 23.1 Å². The number of nitrogens with zero attached hydrogens (tertiary/aromatic N) is 6. The van der Waals surface area contributed by atoms with Gasteiger partial charge in [0.05, 0.1) is 32.4 Å². The molecule has 0 saturated carbocycles. The number of nitrogens with one attached hydrogen (secondary N) is 3. The molecule has 0 saturated heterocycles. The maximum Gasteiger partial charge on any atom is 0.368 e. The van der Waals surface area contributed by atoms with Crippen molar-refractivity contribution >= 4 is 62.0 Å². The van der Waals surface area contributed by atoms with Crippen LogP contribution in [0.3, 0.4) is 0 Å². The molecule has 0 bridgehead atoms. The first kappa shape index (κ1) is 26.7. The summed E-state index contributed by atoms with van der Waals surface area (Å²) in [6.07, 6.45) is 7.93. The zero-order chi connectivity index (χ0) is 27.4. The third-order valence-electron chi connectivity index (χ3n) is 5.83. The van der Waals surface area contributed by atoms with Gasteiger partial charge in [0.1, 0.15) is 24.5 Å². The minimum Gasteiger partial charge on any atom is -0.358 e. The lowest BCUT2D eigenvalue weighted by Crippen LogP contribution is -2.41. The SMILES string of the molecule is C=Cc1cc(Nc2ncnc3cnc(NC(=O)/C=C/C[N+](C)(C)Cc4c([N+](=O)[O-])[nH]n4C)cc23)ccc1Br. The minimum absolute atomic E-state index is 0.00178. The molecule has 3 heterocycles. The largest absolute Gasteiger partial charge is 0.368 e. The first-order chi connectivity index (χ1) is 18.1. The van der Waals surface area contributed by atoms with E-state index in [0.29, 0.717) is 45.8 Å². The number of benzene rings is 1. The van der Waals surface area contributed by atoms with Gasteiger partial charge in [-0.15, -0.1) is 0 Å². The van der Waals surface area contributed by atoms with Crippen LogP contribution < -0.4 is 10.6 Å². The van der Waals surface area contributed by atoms with E-state index < -0.39 is 4.92 Å². The van der Waals surface area contributed by atoms with Gasteiger partial charge in [0.2, 0.25) is 11.6 Å². The number of rotatable bonds is 10. The van der Waals surface area contributed by atoms with Gasteiger partial charge >= 0.3 is 5.82 Å². The molecule has 1 aromatic carbocycles. The highest BCUT2D eigenvalue weighted by Gasteiger charge is 2.28. The van der Waals surface area contributed by atoms with Crippen molar-refractivity contribution in [3.8, 4) is 0 Å². The quantitative estimate of drug-likeness (QED) is 0.108. The van der Waals surface area contributed by atoms with Gasteiger partial charge in [-0.2, -0.15) is 5.10 Å². The molecule has 0 spiro atoms. The molecule has 38 heavy (non-hydrogen) atoms. The van der Waals surface area contributed by atoms with E-state index in [9.17, 15) is 14.9 Å². The molecule has 0 atom stereocenters. The Morgan fingerprint density at radius 1 is 1.29 bits per heavy atom. The number of hydrogen-bond acceptors (Lipinski definition) is 7. The molecule has 3 aromatic heterocycles. The summed E-state index contributed by atoms with van der Waals surface area (Å²) in [6.45, 7) is 4.75. The van der Waals surface area contributed by atoms with E-state index in [1.165, 1.54) is 12.4 Å². The average molecular weight is 581 g/mol. The Bertz CT molecular complexity index is 1550. The number of aryl methyl sites for hydroxylation is 1. The number of H-pyrrole nitrogens is 1. The summed E-state index contributed by atoms with van der Waals surface area (Å²) in [4.78, 5) is 36.2. The molecule has 12 nitrogen and oxygen atoms in total. The number of quaternary nitrogens is 1. The zero-order valence-corrected chi connectivity index (χ0v) is 22.7. The highest BCUT2D eigenvalue weighted by Crippen LogP contribution is 2.28. The lowest BCUT2D eigenvalue weighted by atomic mass is 10.2. The summed E-state index contributed by atoms with van der Waals surface area (Å²) >= 11 is 3.49. The zero-order valence-electron chi connectivity index (χ0n) is 21.1. The molecule has 4 rings (SSSR count). The van der Waals surface area contributed by atoms with Crippen LogP contribution in [0.2, 0.25) is 0 Å². The molecule has 4 aromatic rings. The first-order valence-electron chi connectivity index (χ1n) is 11.5. The van der Waals surface area contributed by atoms with Crippen molar-refractivity contribution in [2.45, 2.75) is 6.54 Å². The van der Waals surface area contributed by atoms with Crippen LogP contribution in [0.5, 0.6) is 0 Å². The normalized spacial score (nSPS) is 11.7. The molecular weight excluding hydrogens is 554 g/mol. The Balaban J connectivity index is 1.44. The first-order valence-corrected chi connectivity index (χ1v) is 12.3. The van der Waals surface area contributed by atoms with Gasteiger partial charge in [-0.3, -0.25) is 4.79 Å². The van der Waals surface area contributed by atoms with Crippen molar-refractivity contribution in [1.82, 2.24) is 24.7 Å². The summed E-state index contributed by atoms with van der Waals surface area (Å²) in [5.41, 5.74) is 2.98. The number of carbonyl (C=O) groups is 1. The molecule has 0 unspecified atom stereocenters. The Morgan fingerprint density at radius 2 is 2.08 bits per heavy atom. The predicted octanol–water partition coefficient (Wildman–Crippen LogP) is 4.52. The second-order valence-electron chi connectivity index (χ2n) is 9.27. The van der Waals surface area contributed by atoms with Crippen molar-refractivity contribution in [2.24, 2.45) is 7.05 Å². The molecule has 0 aliphatic heterocycles. The van der Waals surface area contributed by atoms with Gasteiger partial charge in [-0.25, -0.2) is 19.6 Å². The Morgan fingerprint density at radius 3 is 2.79 bits per heavy atom. The lowest BCUT2D eigenvalue weighted by molar-refractivity contribution is -0.898. The Kier molecular flexibility index (Phi) is 7.69. The third kappa shape index (κ3) is 6.12. The number of aromatic amines is 1. The fourth-order valence-electron chi connectivity index (χ4n) is 3.85. The molecule has 0 fully saturated rings. The topological polar surface area (TPSA) is 144 Å². The lowest BCUT2D eigenvalue weighted by Gasteiger charge is -2.29. The van der Waals surface area contributed by atoms with E-state index in [1.54, 1.807) is 36.1 Å². The maximum atomic E-state index is 12.6. The molecular formula is C25H27BrN9O3+. The van der Waals surface area contributed by atoms with Gasteiger partial charge < -0.3 is 25.2 Å². The number of likely N-dealkylation sites (N-methyl/N-ethyl adjacent to an activating group) is 1. The number of carbonyl (C=O) groups excluding carboxylic acids is 1. The van der Waals surface area contributed by atoms with E-state index in [1.807, 2.05) is 32.3 Å². The summed E-state index contributed by atoms with van der Waals surface area (Å²) in [7, 11) is 5.59. The number of nitro groups is 1. The third-order valence-corrected chi connectivity index (χ3v) is 6.55. The minimum atomic E-state index is -0.432.